The van der Waals surface area contributed by atoms with Crippen molar-refractivity contribution in [2.45, 2.75) is 72.9 Å². The van der Waals surface area contributed by atoms with Crippen LogP contribution in [0.4, 0.5) is 0 Å². The number of phenolic OH excluding ortho intramolecular Hbond substituents is 1. The number of aromatic nitrogens is 3. The Bertz CT molecular complexity index is 3480. The van der Waals surface area contributed by atoms with Crippen LogP contribution in [0.2, 0.25) is 0 Å². The third kappa shape index (κ3) is 8.65. The predicted octanol–water partition coefficient (Wildman–Crippen LogP) is 15.4. The second-order valence-electron chi connectivity index (χ2n) is 18.3. The molecule has 0 unspecified atom stereocenters. The van der Waals surface area contributed by atoms with Gasteiger partial charge in [-0.2, -0.15) is 0 Å². The molecule has 7 aromatic carbocycles. The zero-order chi connectivity index (χ0) is 51.7. The van der Waals surface area contributed by atoms with Gasteiger partial charge in [0.25, 0.3) is 0 Å². The van der Waals surface area contributed by atoms with Crippen LogP contribution in [0.15, 0.2) is 158 Å². The molecule has 0 fully saturated rings. The summed E-state index contributed by atoms with van der Waals surface area (Å²) in [6.07, 6.45) is 1.61. The maximum absolute atomic E-state index is 12.5. The molecule has 9 aromatic rings. The van der Waals surface area contributed by atoms with Gasteiger partial charge in [0.1, 0.15) is 11.6 Å². The van der Waals surface area contributed by atoms with E-state index in [9.17, 15) is 5.11 Å². The minimum atomic E-state index is -2.56. The third-order valence-corrected chi connectivity index (χ3v) is 11.6. The summed E-state index contributed by atoms with van der Waals surface area (Å²) in [5.74, 6) is 0.403. The summed E-state index contributed by atoms with van der Waals surface area (Å²) in [5.41, 5.74) is 9.55. The van der Waals surface area contributed by atoms with Gasteiger partial charge in [-0.3, -0.25) is 9.55 Å². The fourth-order valence-electron chi connectivity index (χ4n) is 8.29. The van der Waals surface area contributed by atoms with E-state index in [1.54, 1.807) is 24.4 Å². The molecule has 5 heteroatoms. The van der Waals surface area contributed by atoms with E-state index in [-0.39, 0.29) is 48.9 Å². The molecule has 0 aliphatic rings. The van der Waals surface area contributed by atoms with Crippen LogP contribution in [0.3, 0.4) is 0 Å². The van der Waals surface area contributed by atoms with Crippen LogP contribution in [-0.2, 0) is 31.9 Å². The van der Waals surface area contributed by atoms with Crippen molar-refractivity contribution in [1.29, 1.82) is 0 Å². The van der Waals surface area contributed by atoms with E-state index in [4.69, 9.17) is 22.3 Å². The molecule has 1 N–H and O–H groups in total. The number of aromatic hydroxyl groups is 1. The molecule has 4 nitrogen and oxygen atoms in total. The number of benzene rings is 7. The number of hydrogen-bond acceptors (Lipinski definition) is 3. The van der Waals surface area contributed by atoms with Crippen LogP contribution in [0.5, 0.6) is 5.75 Å². The first kappa shape index (κ1) is 34.1. The average molecular weight is 1030 g/mol. The number of hydrogen-bond donors (Lipinski definition) is 1. The third-order valence-electron chi connectivity index (χ3n) is 11.6. The Labute approximate surface area is 405 Å². The fraction of sp³-hybridized carbons (Fsp3) is 0.186. The monoisotopic (exact) mass is 1020 g/mol. The zero-order valence-corrected chi connectivity index (χ0v) is 38.9. The molecule has 0 atom stereocenters. The summed E-state index contributed by atoms with van der Waals surface area (Å²) in [4.78, 5) is 10.2. The molecule has 64 heavy (non-hydrogen) atoms. The zero-order valence-electron chi connectivity index (χ0n) is 45.6. The number of fused-ring (bicyclic) bond motifs is 1. The van der Waals surface area contributed by atoms with Crippen LogP contribution >= 0.6 is 0 Å². The van der Waals surface area contributed by atoms with E-state index in [2.05, 4.69) is 47.6 Å². The van der Waals surface area contributed by atoms with E-state index in [0.29, 0.717) is 61.6 Å². The van der Waals surface area contributed by atoms with Crippen LogP contribution in [0.25, 0.3) is 83.9 Å². The largest absolute Gasteiger partial charge is 0.507 e. The second-order valence-corrected chi connectivity index (χ2v) is 18.3. The summed E-state index contributed by atoms with van der Waals surface area (Å²) in [7, 11) is 0. The predicted molar refractivity (Wildman–Crippen MR) is 264 cm³/mol. The number of para-hydroxylation sites is 1. The smallest absolute Gasteiger partial charge is 0.148 e. The molecule has 9 rings (SSSR count). The van der Waals surface area contributed by atoms with Gasteiger partial charge < -0.3 is 5.11 Å². The Balaban J connectivity index is 0.00000711. The minimum Gasteiger partial charge on any atom is -0.507 e. The van der Waals surface area contributed by atoms with Gasteiger partial charge in [0.2, 0.25) is 0 Å². The number of nitrogens with zero attached hydrogens (tertiary/aromatic N) is 3. The summed E-state index contributed by atoms with van der Waals surface area (Å²) >= 11 is 0. The fourth-order valence-corrected chi connectivity index (χ4v) is 8.29. The van der Waals surface area contributed by atoms with E-state index in [1.165, 1.54) is 18.2 Å². The molecule has 0 saturated heterocycles. The van der Waals surface area contributed by atoms with Gasteiger partial charge in [-0.05, 0) is 101 Å². The standard InChI is InChI=1S/C59H54N3O.Pt/c1-37-27-38(2)29-44(28-37)43-25-26-60-52(34-43)47-32-45(41-19-14-11-15-20-41)31-46(33-47)49-21-16-22-54-55(49)61-57(50-35-48(58(4,5)6)36-51(56(50)63)59(7,8)9)62(54)53-24-23-42(30-39(53)3)40-17-12-10-13-18-40;/h10-32,34-36,63H,1-9H3;/q-1;/i1D3,2D3,3D3;. The number of imidazole rings is 1. The van der Waals surface area contributed by atoms with Crippen molar-refractivity contribution >= 4 is 11.0 Å². The SMILES string of the molecule is [2H]C([2H])([2H])c1cc(-c2ccnc(-c3[c-]c(-c4cccc5c4nc(-c4cc(C(C)(C)C)cc(C(C)(C)C)c4O)n5-c4ccc(-c5ccccc5)cc4C([2H])([2H])[2H])cc(-c4ccccc4)c3)c2)cc(C([2H])([2H])[2H])c1.[Pt]. The quantitative estimate of drug-likeness (QED) is 0.162. The Morgan fingerprint density at radius 1 is 0.562 bits per heavy atom. The summed E-state index contributed by atoms with van der Waals surface area (Å²) in [6, 6.07) is 50.1. The first-order valence-electron chi connectivity index (χ1n) is 25.6. The molecule has 0 saturated carbocycles. The number of phenols is 1. The topological polar surface area (TPSA) is 50.9 Å². The van der Waals surface area contributed by atoms with Crippen LogP contribution in [-0.4, -0.2) is 19.6 Å². The van der Waals surface area contributed by atoms with E-state index >= 15 is 0 Å². The number of pyridine rings is 1. The molecule has 0 spiro atoms. The van der Waals surface area contributed by atoms with Crippen LogP contribution < -0.4 is 0 Å². The van der Waals surface area contributed by atoms with Crippen LogP contribution in [0.1, 0.15) is 81.7 Å². The van der Waals surface area contributed by atoms with Crippen molar-refractivity contribution in [3.63, 3.8) is 0 Å². The van der Waals surface area contributed by atoms with E-state index < -0.39 is 26.0 Å². The molecule has 0 aliphatic carbocycles. The van der Waals surface area contributed by atoms with E-state index in [0.717, 1.165) is 33.4 Å². The van der Waals surface area contributed by atoms with Crippen LogP contribution in [0, 0.1) is 26.6 Å². The van der Waals surface area contributed by atoms with Crippen molar-refractivity contribution in [1.82, 2.24) is 14.5 Å². The Hall–Kier alpha value is -6.35. The van der Waals surface area contributed by atoms with Crippen molar-refractivity contribution in [3.05, 3.63) is 192 Å². The van der Waals surface area contributed by atoms with Crippen molar-refractivity contribution in [2.75, 3.05) is 0 Å². The van der Waals surface area contributed by atoms with Gasteiger partial charge in [-0.1, -0.05) is 179 Å². The van der Waals surface area contributed by atoms with Gasteiger partial charge in [-0.15, -0.1) is 23.8 Å². The number of aryl methyl sites for hydroxylation is 3. The molecule has 0 bridgehead atoms. The van der Waals surface area contributed by atoms with Gasteiger partial charge >= 0.3 is 0 Å². The first-order chi connectivity index (χ1) is 33.8. The summed E-state index contributed by atoms with van der Waals surface area (Å²) in [5, 5.41) is 12.5. The van der Waals surface area contributed by atoms with Crippen molar-refractivity contribution < 1.29 is 38.5 Å². The first-order valence-corrected chi connectivity index (χ1v) is 21.1. The van der Waals surface area contributed by atoms with Gasteiger partial charge in [0.15, 0.2) is 0 Å². The molecular weight excluding hydrogens is 962 g/mol. The Morgan fingerprint density at radius 3 is 1.88 bits per heavy atom. The molecule has 322 valence electrons. The molecule has 0 amide bonds. The molecule has 0 aliphatic heterocycles. The normalized spacial score (nSPS) is 14.4. The van der Waals surface area contributed by atoms with Crippen molar-refractivity contribution in [3.8, 4) is 78.6 Å². The Kier molecular flexibility index (Phi) is 9.23. The second kappa shape index (κ2) is 17.3. The minimum absolute atomic E-state index is 0. The molecular formula is C59H54N3OPt-. The van der Waals surface area contributed by atoms with Gasteiger partial charge in [-0.25, -0.2) is 4.98 Å². The van der Waals surface area contributed by atoms with Gasteiger partial charge in [0, 0.05) is 50.9 Å². The average Bonchev–Trinajstić information content (AvgIpc) is 3.72. The molecule has 2 aromatic heterocycles. The summed E-state index contributed by atoms with van der Waals surface area (Å²) < 4.78 is 77.5. The molecule has 0 radical (unpaired) electrons. The Morgan fingerprint density at radius 2 is 1.22 bits per heavy atom. The molecule has 2 heterocycles. The van der Waals surface area contributed by atoms with E-state index in [1.807, 2.05) is 120 Å². The van der Waals surface area contributed by atoms with Gasteiger partial charge in [0.05, 0.1) is 22.3 Å². The summed E-state index contributed by atoms with van der Waals surface area (Å²) in [6.45, 7) is 4.85. The maximum Gasteiger partial charge on any atom is 0.148 e. The maximum atomic E-state index is 12.5. The number of rotatable bonds is 7. The van der Waals surface area contributed by atoms with Crippen molar-refractivity contribution in [2.24, 2.45) is 0 Å².